The Morgan fingerprint density at radius 3 is 2.56 bits per heavy atom. The summed E-state index contributed by atoms with van der Waals surface area (Å²) in [7, 11) is 0. The van der Waals surface area contributed by atoms with E-state index in [1.165, 1.54) is 0 Å². The van der Waals surface area contributed by atoms with Gasteiger partial charge >= 0.3 is 0 Å². The number of amides is 1. The molecule has 1 fully saturated rings. The number of benzene rings is 1. The van der Waals surface area contributed by atoms with Crippen LogP contribution in [0.2, 0.25) is 0 Å². The Hall–Kier alpha value is -0.870. The smallest absolute Gasteiger partial charge is 0.227 e. The van der Waals surface area contributed by atoms with Gasteiger partial charge in [0.15, 0.2) is 0 Å². The highest BCUT2D eigenvalue weighted by atomic mass is 79.9. The van der Waals surface area contributed by atoms with E-state index in [2.05, 4.69) is 21.2 Å². The number of carbonyl (C=O) groups is 1. The van der Waals surface area contributed by atoms with Gasteiger partial charge in [-0.15, -0.1) is 0 Å². The molecule has 1 aliphatic rings. The fourth-order valence-electron chi connectivity index (χ4n) is 2.07. The molecule has 1 unspecified atom stereocenters. The van der Waals surface area contributed by atoms with Gasteiger partial charge in [0.05, 0.1) is 11.5 Å². The van der Waals surface area contributed by atoms with E-state index < -0.39 is 5.60 Å². The third-order valence-corrected chi connectivity index (χ3v) is 4.17. The molecule has 0 radical (unpaired) electrons. The molecule has 0 saturated heterocycles. The van der Waals surface area contributed by atoms with Crippen LogP contribution in [0, 0.1) is 0 Å². The van der Waals surface area contributed by atoms with E-state index in [0.717, 1.165) is 29.3 Å². The van der Waals surface area contributed by atoms with E-state index in [4.69, 9.17) is 0 Å². The highest BCUT2D eigenvalue weighted by Crippen LogP contribution is 2.30. The molecular weight excluding hydrogens is 294 g/mol. The number of aliphatic hydroxyl groups is 1. The molecule has 1 aliphatic carbocycles. The van der Waals surface area contributed by atoms with Crippen LogP contribution in [0.4, 0.5) is 0 Å². The van der Waals surface area contributed by atoms with Crippen molar-refractivity contribution in [2.45, 2.75) is 37.7 Å². The van der Waals surface area contributed by atoms with Crippen LogP contribution in [0.1, 0.15) is 37.7 Å². The van der Waals surface area contributed by atoms with E-state index in [9.17, 15) is 9.90 Å². The molecule has 1 atom stereocenters. The lowest BCUT2D eigenvalue weighted by atomic mass is 9.80. The van der Waals surface area contributed by atoms with E-state index in [-0.39, 0.29) is 11.8 Å². The standard InChI is InChI=1S/C14H18BrNO2/c1-10(11-3-5-12(15)6-4-11)13(17)16-9-14(18)7-2-8-14/h3-6,10,18H,2,7-9H2,1H3,(H,16,17). The van der Waals surface area contributed by atoms with Crippen LogP contribution in [0.25, 0.3) is 0 Å². The van der Waals surface area contributed by atoms with Crippen LogP contribution in [-0.4, -0.2) is 23.2 Å². The van der Waals surface area contributed by atoms with Crippen molar-refractivity contribution in [3.05, 3.63) is 34.3 Å². The summed E-state index contributed by atoms with van der Waals surface area (Å²) < 4.78 is 1.00. The monoisotopic (exact) mass is 311 g/mol. The summed E-state index contributed by atoms with van der Waals surface area (Å²) in [5.74, 6) is -0.223. The van der Waals surface area contributed by atoms with Crippen LogP contribution < -0.4 is 5.32 Å². The molecule has 0 heterocycles. The van der Waals surface area contributed by atoms with Crippen molar-refractivity contribution in [1.29, 1.82) is 0 Å². The van der Waals surface area contributed by atoms with Gasteiger partial charge in [0.25, 0.3) is 0 Å². The fraction of sp³-hybridized carbons (Fsp3) is 0.500. The van der Waals surface area contributed by atoms with Crippen molar-refractivity contribution in [1.82, 2.24) is 5.32 Å². The van der Waals surface area contributed by atoms with Gasteiger partial charge in [-0.3, -0.25) is 4.79 Å². The van der Waals surface area contributed by atoms with E-state index in [1.54, 1.807) is 0 Å². The maximum absolute atomic E-state index is 12.0. The van der Waals surface area contributed by atoms with Crippen LogP contribution in [0.15, 0.2) is 28.7 Å². The summed E-state index contributed by atoms with van der Waals surface area (Å²) in [6, 6.07) is 7.73. The van der Waals surface area contributed by atoms with Crippen molar-refractivity contribution in [3.63, 3.8) is 0 Å². The van der Waals surface area contributed by atoms with Crippen molar-refractivity contribution in [2.24, 2.45) is 0 Å². The lowest BCUT2D eigenvalue weighted by Crippen LogP contribution is -2.48. The number of hydrogen-bond donors (Lipinski definition) is 2. The first-order valence-corrected chi connectivity index (χ1v) is 7.05. The zero-order valence-corrected chi connectivity index (χ0v) is 12.0. The Labute approximate surface area is 116 Å². The van der Waals surface area contributed by atoms with Gasteiger partial charge in [-0.2, -0.15) is 0 Å². The maximum Gasteiger partial charge on any atom is 0.227 e. The van der Waals surface area contributed by atoms with Crippen molar-refractivity contribution < 1.29 is 9.90 Å². The Kier molecular flexibility index (Phi) is 4.07. The minimum absolute atomic E-state index is 0.0300. The molecule has 1 aromatic carbocycles. The van der Waals surface area contributed by atoms with Crippen LogP contribution in [0.5, 0.6) is 0 Å². The topological polar surface area (TPSA) is 49.3 Å². The second-order valence-electron chi connectivity index (χ2n) is 5.07. The molecule has 0 aliphatic heterocycles. The summed E-state index contributed by atoms with van der Waals surface area (Å²) in [6.07, 6.45) is 2.63. The largest absolute Gasteiger partial charge is 0.388 e. The highest BCUT2D eigenvalue weighted by Gasteiger charge is 2.34. The SMILES string of the molecule is CC(C(=O)NCC1(O)CCC1)c1ccc(Br)cc1. The number of carbonyl (C=O) groups excluding carboxylic acids is 1. The first-order chi connectivity index (χ1) is 8.50. The Morgan fingerprint density at radius 1 is 1.44 bits per heavy atom. The van der Waals surface area contributed by atoms with Gasteiger partial charge in [-0.25, -0.2) is 0 Å². The molecular formula is C14H18BrNO2. The first-order valence-electron chi connectivity index (χ1n) is 6.26. The average molecular weight is 312 g/mol. The van der Waals surface area contributed by atoms with Gasteiger partial charge in [0.2, 0.25) is 5.91 Å². The first kappa shape index (κ1) is 13.6. The third-order valence-electron chi connectivity index (χ3n) is 3.64. The van der Waals surface area contributed by atoms with E-state index in [0.29, 0.717) is 6.54 Å². The van der Waals surface area contributed by atoms with Crippen LogP contribution in [-0.2, 0) is 4.79 Å². The molecule has 1 amide bonds. The molecule has 98 valence electrons. The lowest BCUT2D eigenvalue weighted by Gasteiger charge is -2.36. The summed E-state index contributed by atoms with van der Waals surface area (Å²) in [5.41, 5.74) is 0.325. The molecule has 1 saturated carbocycles. The maximum atomic E-state index is 12.0. The molecule has 3 nitrogen and oxygen atoms in total. The number of halogens is 1. The normalized spacial score (nSPS) is 18.8. The predicted molar refractivity (Wildman–Crippen MR) is 74.4 cm³/mol. The Balaban J connectivity index is 1.90. The van der Waals surface area contributed by atoms with E-state index >= 15 is 0 Å². The zero-order chi connectivity index (χ0) is 13.2. The molecule has 0 bridgehead atoms. The number of hydrogen-bond acceptors (Lipinski definition) is 2. The molecule has 4 heteroatoms. The van der Waals surface area contributed by atoms with Crippen LogP contribution >= 0.6 is 15.9 Å². The molecule has 0 spiro atoms. The Bertz CT molecular complexity index is 426. The van der Waals surface area contributed by atoms with E-state index in [1.807, 2.05) is 31.2 Å². The minimum atomic E-state index is -0.658. The van der Waals surface area contributed by atoms with Crippen molar-refractivity contribution in [2.75, 3.05) is 6.54 Å². The number of nitrogens with one attached hydrogen (secondary N) is 1. The highest BCUT2D eigenvalue weighted by molar-refractivity contribution is 9.10. The fourth-order valence-corrected chi connectivity index (χ4v) is 2.33. The minimum Gasteiger partial charge on any atom is -0.388 e. The van der Waals surface area contributed by atoms with Crippen molar-refractivity contribution >= 4 is 21.8 Å². The molecule has 2 rings (SSSR count). The second kappa shape index (κ2) is 5.41. The van der Waals surface area contributed by atoms with Crippen LogP contribution in [0.3, 0.4) is 0 Å². The molecule has 0 aromatic heterocycles. The van der Waals surface area contributed by atoms with Gasteiger partial charge in [-0.1, -0.05) is 28.1 Å². The molecule has 1 aromatic rings. The quantitative estimate of drug-likeness (QED) is 0.898. The molecule has 2 N–H and O–H groups in total. The summed E-state index contributed by atoms with van der Waals surface area (Å²) in [4.78, 5) is 12.0. The van der Waals surface area contributed by atoms with Gasteiger partial charge in [0.1, 0.15) is 0 Å². The number of rotatable bonds is 4. The average Bonchev–Trinajstić information content (AvgIpc) is 2.33. The van der Waals surface area contributed by atoms with Gasteiger partial charge in [0, 0.05) is 11.0 Å². The van der Waals surface area contributed by atoms with Gasteiger partial charge < -0.3 is 10.4 Å². The molecule has 18 heavy (non-hydrogen) atoms. The van der Waals surface area contributed by atoms with Gasteiger partial charge in [-0.05, 0) is 43.9 Å². The predicted octanol–water partition coefficient (Wildman–Crippen LogP) is 2.58. The third kappa shape index (κ3) is 3.12. The zero-order valence-electron chi connectivity index (χ0n) is 10.4. The summed E-state index contributed by atoms with van der Waals surface area (Å²) >= 11 is 3.37. The Morgan fingerprint density at radius 2 is 2.06 bits per heavy atom. The van der Waals surface area contributed by atoms with Crippen molar-refractivity contribution in [3.8, 4) is 0 Å². The lowest BCUT2D eigenvalue weighted by molar-refractivity contribution is -0.124. The second-order valence-corrected chi connectivity index (χ2v) is 5.98. The summed E-state index contributed by atoms with van der Waals surface area (Å²) in [6.45, 7) is 2.25. The summed E-state index contributed by atoms with van der Waals surface area (Å²) in [5, 5.41) is 12.8.